The number of hydrogen-bond donors (Lipinski definition) is 1. The van der Waals surface area contributed by atoms with Crippen molar-refractivity contribution in [3.05, 3.63) is 72.2 Å². The van der Waals surface area contributed by atoms with E-state index in [1.54, 1.807) is 6.07 Å². The molecule has 274 valence electrons. The van der Waals surface area contributed by atoms with Crippen molar-refractivity contribution in [2.24, 2.45) is 23.2 Å². The fraction of sp³-hybridized carbons (Fsp3) is 0.556. The van der Waals surface area contributed by atoms with E-state index in [1.807, 2.05) is 0 Å². The molecule has 0 bridgehead atoms. The molecule has 0 spiro atoms. The first kappa shape index (κ1) is 39.1. The molecule has 0 radical (unpaired) electrons. The van der Waals surface area contributed by atoms with Crippen LogP contribution in [0.3, 0.4) is 0 Å². The van der Waals surface area contributed by atoms with Crippen molar-refractivity contribution in [2.45, 2.75) is 68.2 Å². The number of carbonyl (C=O) groups is 2. The molecule has 2 fully saturated rings. The standard InChI is InChI=1S/C36H49ClN3O9S/c1-5-36(4)17-16-29(21-31(36)26(2)22-37)27(3)23-39-18-10-11-28(24-39)25-48-33(42)15-9-14-32(41)46-19-20-47-34-35(40(43)49-38-34)50(44,45)30-12-7-6-8-13-30/h5-8,12-13,28-29,31,38H,1-3,9-11,14-25H2,4H3/q+1/t28?,29-,31+,36-/m1/s1. The lowest BCUT2D eigenvalue weighted by molar-refractivity contribution is -0.744. The predicted molar refractivity (Wildman–Crippen MR) is 187 cm³/mol. The normalized spacial score (nSPS) is 22.7. The minimum atomic E-state index is -4.23. The average Bonchev–Trinajstić information content (AvgIpc) is 3.50. The van der Waals surface area contributed by atoms with Crippen LogP contribution in [0.4, 0.5) is 0 Å². The van der Waals surface area contributed by atoms with E-state index in [4.69, 9.17) is 25.8 Å². The van der Waals surface area contributed by atoms with Crippen molar-refractivity contribution >= 4 is 33.4 Å². The second-order valence-electron chi connectivity index (χ2n) is 13.4. The molecule has 14 heteroatoms. The third-order valence-electron chi connectivity index (χ3n) is 9.81. The maximum absolute atomic E-state index is 12.8. The molecule has 0 amide bonds. The van der Waals surface area contributed by atoms with Crippen LogP contribution in [-0.4, -0.2) is 75.7 Å². The van der Waals surface area contributed by atoms with Gasteiger partial charge in [0.15, 0.2) is 0 Å². The highest BCUT2D eigenvalue weighted by Gasteiger charge is 2.40. The SMILES string of the molecule is C=C[C@]1(C)CC[C@@H](C(=C)CN2CCCC(COC(=O)CCCC(=O)OCCOc3[nH]o[n+](=O)c3S(=O)(=O)c3ccccc3)C2)C[C@H]1C(=C)CCl. The Morgan fingerprint density at radius 1 is 1.12 bits per heavy atom. The van der Waals surface area contributed by atoms with E-state index in [1.165, 1.54) is 29.8 Å². The molecule has 1 saturated carbocycles. The lowest BCUT2D eigenvalue weighted by Gasteiger charge is -2.45. The zero-order chi connectivity index (χ0) is 36.3. The van der Waals surface area contributed by atoms with Gasteiger partial charge in [0.05, 0.1) is 11.5 Å². The lowest BCUT2D eigenvalue weighted by Crippen LogP contribution is -2.40. The van der Waals surface area contributed by atoms with E-state index < -0.39 is 26.7 Å². The molecule has 2 aliphatic rings. The van der Waals surface area contributed by atoms with Gasteiger partial charge in [-0.1, -0.05) is 60.1 Å². The number of sulfone groups is 1. The maximum Gasteiger partial charge on any atom is 0.404 e. The lowest BCUT2D eigenvalue weighted by atomic mass is 9.61. The van der Waals surface area contributed by atoms with Crippen LogP contribution in [0.15, 0.2) is 81.8 Å². The van der Waals surface area contributed by atoms with E-state index in [0.717, 1.165) is 57.3 Å². The van der Waals surface area contributed by atoms with Gasteiger partial charge in [-0.15, -0.1) is 18.2 Å². The van der Waals surface area contributed by atoms with E-state index >= 15 is 0 Å². The Kier molecular flexibility index (Phi) is 14.1. The first-order chi connectivity index (χ1) is 23.9. The number of nitrogens with one attached hydrogen (secondary N) is 1. The summed E-state index contributed by atoms with van der Waals surface area (Å²) in [6, 6.07) is 7.34. The van der Waals surface area contributed by atoms with E-state index in [-0.39, 0.29) is 59.3 Å². The quantitative estimate of drug-likeness (QED) is 0.0879. The van der Waals surface area contributed by atoms with Crippen LogP contribution in [0.5, 0.6) is 5.88 Å². The van der Waals surface area contributed by atoms with Gasteiger partial charge in [0.2, 0.25) is 4.60 Å². The number of rotatable bonds is 18. The van der Waals surface area contributed by atoms with Crippen molar-refractivity contribution < 1.29 is 41.4 Å². The van der Waals surface area contributed by atoms with Crippen LogP contribution in [0.2, 0.25) is 0 Å². The summed E-state index contributed by atoms with van der Waals surface area (Å²) >= 11 is 6.18. The van der Waals surface area contributed by atoms with Gasteiger partial charge in [0.1, 0.15) is 13.2 Å². The number of nitrogens with zero attached hydrogens (tertiary/aromatic N) is 2. The van der Waals surface area contributed by atoms with Crippen molar-refractivity contribution in [3.63, 3.8) is 0 Å². The number of halogens is 1. The van der Waals surface area contributed by atoms with Crippen LogP contribution in [0.25, 0.3) is 0 Å². The Bertz CT molecular complexity index is 1670. The zero-order valence-corrected chi connectivity index (χ0v) is 30.4. The summed E-state index contributed by atoms with van der Waals surface area (Å²) in [6.07, 6.45) is 7.47. The van der Waals surface area contributed by atoms with Gasteiger partial charge in [-0.2, -0.15) is 0 Å². The summed E-state index contributed by atoms with van der Waals surface area (Å²) in [5.41, 5.74) is 2.30. The Morgan fingerprint density at radius 3 is 2.54 bits per heavy atom. The van der Waals surface area contributed by atoms with Gasteiger partial charge < -0.3 is 14.2 Å². The number of hydrogen-bond acceptors (Lipinski definition) is 10. The first-order valence-corrected chi connectivity index (χ1v) is 19.1. The number of H-pyrrole nitrogens is 1. The van der Waals surface area contributed by atoms with Crippen molar-refractivity contribution in [1.29, 1.82) is 0 Å². The van der Waals surface area contributed by atoms with Crippen molar-refractivity contribution in [1.82, 2.24) is 10.1 Å². The number of alkyl halides is 1. The van der Waals surface area contributed by atoms with Gasteiger partial charge in [0.25, 0.3) is 9.84 Å². The van der Waals surface area contributed by atoms with Crippen LogP contribution in [0.1, 0.15) is 58.3 Å². The second-order valence-corrected chi connectivity index (χ2v) is 15.6. The molecule has 12 nitrogen and oxygen atoms in total. The molecule has 50 heavy (non-hydrogen) atoms. The van der Waals surface area contributed by atoms with E-state index in [2.05, 4.69) is 47.4 Å². The number of benzene rings is 1. The number of esters is 2. The number of ether oxygens (including phenoxy) is 3. The Hall–Kier alpha value is -3.68. The molecule has 1 aliphatic carbocycles. The number of likely N-dealkylation sites (tertiary alicyclic amines) is 1. The highest BCUT2D eigenvalue weighted by Crippen LogP contribution is 2.49. The molecule has 2 heterocycles. The first-order valence-electron chi connectivity index (χ1n) is 17.0. The third kappa shape index (κ3) is 10.2. The molecular weight excluding hydrogens is 686 g/mol. The predicted octanol–water partition coefficient (Wildman–Crippen LogP) is 5.66. The minimum Gasteiger partial charge on any atom is -0.465 e. The van der Waals surface area contributed by atoms with Gasteiger partial charge in [-0.05, 0) is 84.5 Å². The van der Waals surface area contributed by atoms with Crippen LogP contribution in [0, 0.1) is 28.1 Å². The van der Waals surface area contributed by atoms with Crippen molar-refractivity contribution in [3.8, 4) is 5.88 Å². The Balaban J connectivity index is 1.11. The van der Waals surface area contributed by atoms with Crippen molar-refractivity contribution in [2.75, 3.05) is 45.3 Å². The minimum absolute atomic E-state index is 0.00474. The average molecular weight is 735 g/mol. The van der Waals surface area contributed by atoms with Crippen LogP contribution < -0.4 is 9.34 Å². The summed E-state index contributed by atoms with van der Waals surface area (Å²) in [6.45, 7) is 17.6. The summed E-state index contributed by atoms with van der Waals surface area (Å²) in [7, 11) is -4.23. The van der Waals surface area contributed by atoms with Gasteiger partial charge in [-0.25, -0.2) is 8.42 Å². The number of allylic oxidation sites excluding steroid dienone is 2. The van der Waals surface area contributed by atoms with Crippen LogP contribution in [-0.2, 0) is 28.9 Å². The van der Waals surface area contributed by atoms with Gasteiger partial charge >= 0.3 is 22.8 Å². The molecule has 2 aromatic rings. The fourth-order valence-electron chi connectivity index (χ4n) is 6.82. The molecule has 4 rings (SSSR count). The number of aromatic nitrogens is 2. The largest absolute Gasteiger partial charge is 0.465 e. The molecule has 1 aliphatic heterocycles. The number of aromatic amines is 1. The zero-order valence-electron chi connectivity index (χ0n) is 28.8. The monoisotopic (exact) mass is 734 g/mol. The summed E-state index contributed by atoms with van der Waals surface area (Å²) in [5, 5.41) is 1.37. The molecule has 1 unspecified atom stereocenters. The number of carbonyl (C=O) groups excluding carboxylic acids is 2. The molecule has 1 aromatic heterocycles. The highest BCUT2D eigenvalue weighted by atomic mass is 35.5. The number of piperidine rings is 1. The summed E-state index contributed by atoms with van der Waals surface area (Å²) in [5.74, 6) is 0.0396. The summed E-state index contributed by atoms with van der Waals surface area (Å²) in [4.78, 5) is 38.9. The van der Waals surface area contributed by atoms with E-state index in [9.17, 15) is 22.9 Å². The van der Waals surface area contributed by atoms with Gasteiger partial charge in [0, 0.05) is 37.7 Å². The van der Waals surface area contributed by atoms with Crippen LogP contribution >= 0.6 is 11.6 Å². The fourth-order valence-corrected chi connectivity index (χ4v) is 8.33. The summed E-state index contributed by atoms with van der Waals surface area (Å²) < 4.78 is 46.0. The molecule has 4 atom stereocenters. The third-order valence-corrected chi connectivity index (χ3v) is 11.9. The van der Waals surface area contributed by atoms with E-state index in [0.29, 0.717) is 24.3 Å². The maximum atomic E-state index is 12.8. The molecule has 1 N–H and O–H groups in total. The second kappa shape index (κ2) is 18.0. The molecule has 1 aromatic carbocycles. The highest BCUT2D eigenvalue weighted by molar-refractivity contribution is 7.91. The molecular formula is C36H49ClN3O9S+. The topological polar surface area (TPSA) is 151 Å². The van der Waals surface area contributed by atoms with Gasteiger partial charge in [-0.3, -0.25) is 14.5 Å². The molecule has 1 saturated heterocycles. The smallest absolute Gasteiger partial charge is 0.404 e. The Labute approximate surface area is 298 Å². The Morgan fingerprint density at radius 2 is 1.84 bits per heavy atom.